The quantitative estimate of drug-likeness (QED) is 0.113. The van der Waals surface area contributed by atoms with Gasteiger partial charge in [0.2, 0.25) is 0 Å². The molecule has 0 aliphatic rings. The van der Waals surface area contributed by atoms with Gasteiger partial charge < -0.3 is 14.3 Å². The minimum absolute atomic E-state index is 0.134. The summed E-state index contributed by atoms with van der Waals surface area (Å²) in [6.45, 7) is 4.03. The van der Waals surface area contributed by atoms with Crippen LogP contribution in [0, 0.1) is 0 Å². The average Bonchev–Trinajstić information content (AvgIpc) is 3.63. The summed E-state index contributed by atoms with van der Waals surface area (Å²) in [6, 6.07) is 12.0. The molecule has 0 bridgehead atoms. The van der Waals surface area contributed by atoms with Crippen LogP contribution in [0.25, 0.3) is 11.0 Å². The number of nitrogens with one attached hydrogen (secondary N) is 1. The minimum atomic E-state index is -0.134. The molecule has 0 spiro atoms. The Bertz CT molecular complexity index is 1040. The first-order valence-corrected chi connectivity index (χ1v) is 16.6. The summed E-state index contributed by atoms with van der Waals surface area (Å²) >= 11 is 0. The van der Waals surface area contributed by atoms with Gasteiger partial charge in [0, 0.05) is 19.5 Å². The normalized spacial score (nSPS) is 11.4. The van der Waals surface area contributed by atoms with Crippen molar-refractivity contribution in [3.05, 3.63) is 54.2 Å². The van der Waals surface area contributed by atoms with Crippen LogP contribution in [0.1, 0.15) is 145 Å². The second-order valence-corrected chi connectivity index (χ2v) is 11.5. The smallest absolute Gasteiger partial charge is 0.286 e. The van der Waals surface area contributed by atoms with Crippen LogP contribution in [0.5, 0.6) is 0 Å². The fourth-order valence-electron chi connectivity index (χ4n) is 5.67. The number of hydrogen-bond acceptors (Lipinski definition) is 3. The third kappa shape index (κ3) is 12.3. The summed E-state index contributed by atoms with van der Waals surface area (Å²) < 4.78 is 7.60. The van der Waals surface area contributed by atoms with E-state index in [1.165, 1.54) is 120 Å². The Labute approximate surface area is 243 Å². The van der Waals surface area contributed by atoms with E-state index < -0.39 is 0 Å². The molecule has 1 aromatic carbocycles. The Morgan fingerprint density at radius 2 is 1.32 bits per heavy atom. The maximum absolute atomic E-state index is 12.0. The molecule has 0 unspecified atom stereocenters. The molecule has 3 aromatic rings. The average molecular weight is 550 g/mol. The number of furan rings is 1. The van der Waals surface area contributed by atoms with Gasteiger partial charge in [0.15, 0.2) is 5.76 Å². The van der Waals surface area contributed by atoms with Crippen LogP contribution in [0.15, 0.2) is 47.1 Å². The van der Waals surface area contributed by atoms with E-state index in [2.05, 4.69) is 41.1 Å². The summed E-state index contributed by atoms with van der Waals surface area (Å²) in [5.41, 5.74) is 2.38. The first kappa shape index (κ1) is 32.0. The molecule has 40 heavy (non-hydrogen) atoms. The van der Waals surface area contributed by atoms with Crippen LogP contribution in [-0.2, 0) is 13.0 Å². The number of para-hydroxylation sites is 2. The third-order valence-corrected chi connectivity index (χ3v) is 8.08. The van der Waals surface area contributed by atoms with Gasteiger partial charge in [-0.1, -0.05) is 122 Å². The fraction of sp³-hybridized carbons (Fsp3) is 0.657. The lowest BCUT2D eigenvalue weighted by Gasteiger charge is -2.10. The molecule has 0 aliphatic carbocycles. The van der Waals surface area contributed by atoms with Crippen LogP contribution in [0.4, 0.5) is 0 Å². The zero-order valence-corrected chi connectivity index (χ0v) is 25.3. The summed E-state index contributed by atoms with van der Waals surface area (Å²) in [7, 11) is 0. The second kappa shape index (κ2) is 20.3. The minimum Gasteiger partial charge on any atom is -0.459 e. The second-order valence-electron chi connectivity index (χ2n) is 11.5. The molecular weight excluding hydrogens is 494 g/mol. The molecule has 5 nitrogen and oxygen atoms in total. The highest BCUT2D eigenvalue weighted by molar-refractivity contribution is 5.91. The number of carbonyl (C=O) groups excluding carboxylic acids is 1. The summed E-state index contributed by atoms with van der Waals surface area (Å²) in [6.07, 6.45) is 28.0. The van der Waals surface area contributed by atoms with Crippen molar-refractivity contribution in [1.29, 1.82) is 0 Å². The largest absolute Gasteiger partial charge is 0.459 e. The van der Waals surface area contributed by atoms with Crippen molar-refractivity contribution in [2.45, 2.75) is 142 Å². The van der Waals surface area contributed by atoms with Crippen LogP contribution in [0.3, 0.4) is 0 Å². The molecule has 3 rings (SSSR count). The number of aromatic nitrogens is 2. The zero-order valence-electron chi connectivity index (χ0n) is 25.3. The van der Waals surface area contributed by atoms with E-state index in [9.17, 15) is 4.79 Å². The van der Waals surface area contributed by atoms with Crippen LogP contribution < -0.4 is 5.32 Å². The topological polar surface area (TPSA) is 60.1 Å². The number of unbranched alkanes of at least 4 members (excludes halogenated alkanes) is 17. The highest BCUT2D eigenvalue weighted by Crippen LogP contribution is 2.20. The monoisotopic (exact) mass is 549 g/mol. The van der Waals surface area contributed by atoms with E-state index in [0.717, 1.165) is 37.7 Å². The van der Waals surface area contributed by atoms with Crippen molar-refractivity contribution >= 4 is 16.9 Å². The van der Waals surface area contributed by atoms with E-state index >= 15 is 0 Å². The van der Waals surface area contributed by atoms with Gasteiger partial charge in [-0.05, 0) is 43.5 Å². The number of nitrogens with zero attached hydrogens (tertiary/aromatic N) is 2. The lowest BCUT2D eigenvalue weighted by atomic mass is 10.0. The molecule has 1 N–H and O–H groups in total. The Morgan fingerprint density at radius 1 is 0.725 bits per heavy atom. The van der Waals surface area contributed by atoms with Gasteiger partial charge in [0.25, 0.3) is 5.91 Å². The van der Waals surface area contributed by atoms with Gasteiger partial charge in [-0.25, -0.2) is 4.98 Å². The number of hydrogen-bond donors (Lipinski definition) is 1. The highest BCUT2D eigenvalue weighted by Gasteiger charge is 2.11. The maximum atomic E-state index is 12.0. The predicted molar refractivity (Wildman–Crippen MR) is 168 cm³/mol. The van der Waals surface area contributed by atoms with Gasteiger partial charge >= 0.3 is 0 Å². The van der Waals surface area contributed by atoms with E-state index in [0.29, 0.717) is 12.3 Å². The molecule has 222 valence electrons. The number of carbonyl (C=O) groups is 1. The maximum Gasteiger partial charge on any atom is 0.286 e. The summed E-state index contributed by atoms with van der Waals surface area (Å²) in [5.74, 6) is 1.45. The number of amides is 1. The fourth-order valence-corrected chi connectivity index (χ4v) is 5.67. The first-order chi connectivity index (χ1) is 19.8. The molecule has 0 fully saturated rings. The Balaban J connectivity index is 1.23. The van der Waals surface area contributed by atoms with E-state index in [-0.39, 0.29) is 5.91 Å². The van der Waals surface area contributed by atoms with Gasteiger partial charge in [-0.2, -0.15) is 0 Å². The van der Waals surface area contributed by atoms with Crippen molar-refractivity contribution in [1.82, 2.24) is 14.9 Å². The van der Waals surface area contributed by atoms with E-state index in [4.69, 9.17) is 9.40 Å². The Hall–Kier alpha value is -2.56. The molecule has 0 atom stereocenters. The van der Waals surface area contributed by atoms with Crippen LogP contribution in [0.2, 0.25) is 0 Å². The number of rotatable bonds is 24. The van der Waals surface area contributed by atoms with Crippen LogP contribution >= 0.6 is 0 Å². The summed E-state index contributed by atoms with van der Waals surface area (Å²) in [5, 5.41) is 2.94. The number of benzene rings is 1. The van der Waals surface area contributed by atoms with Gasteiger partial charge in [0.1, 0.15) is 5.82 Å². The molecule has 0 saturated heterocycles. The van der Waals surface area contributed by atoms with Crippen molar-refractivity contribution < 1.29 is 9.21 Å². The van der Waals surface area contributed by atoms with Crippen molar-refractivity contribution in [3.8, 4) is 0 Å². The molecule has 0 saturated carbocycles. The van der Waals surface area contributed by atoms with E-state index in [1.807, 2.05) is 0 Å². The lowest BCUT2D eigenvalue weighted by Crippen LogP contribution is -2.23. The predicted octanol–water partition coefficient (Wildman–Crippen LogP) is 10.0. The molecule has 2 aromatic heterocycles. The number of imidazole rings is 1. The zero-order chi connectivity index (χ0) is 28.1. The lowest BCUT2D eigenvalue weighted by molar-refractivity contribution is 0.0925. The molecule has 0 radical (unpaired) electrons. The molecule has 1 amide bonds. The standard InChI is InChI=1S/C35H55N3O2/c1-2-3-4-5-6-7-8-9-10-11-12-13-14-15-16-22-29-38-32-25-20-19-24-31(32)37-34(38)27-18-17-21-28-36-35(39)33-26-23-30-40-33/h19-20,23-26,30H,2-18,21-22,27-29H2,1H3,(H,36,39). The molecular formula is C35H55N3O2. The van der Waals surface area contributed by atoms with Crippen molar-refractivity contribution in [3.63, 3.8) is 0 Å². The van der Waals surface area contributed by atoms with Gasteiger partial charge in [0.05, 0.1) is 17.3 Å². The number of aryl methyl sites for hydroxylation is 2. The third-order valence-electron chi connectivity index (χ3n) is 8.08. The van der Waals surface area contributed by atoms with Crippen molar-refractivity contribution in [2.75, 3.05) is 6.54 Å². The molecule has 5 heteroatoms. The molecule has 0 aliphatic heterocycles. The van der Waals surface area contributed by atoms with Gasteiger partial charge in [-0.3, -0.25) is 4.79 Å². The van der Waals surface area contributed by atoms with E-state index in [1.54, 1.807) is 12.1 Å². The van der Waals surface area contributed by atoms with Crippen molar-refractivity contribution in [2.24, 2.45) is 0 Å². The highest BCUT2D eigenvalue weighted by atomic mass is 16.3. The Kier molecular flexibility index (Phi) is 16.2. The Morgan fingerprint density at radius 3 is 1.95 bits per heavy atom. The number of fused-ring (bicyclic) bond motifs is 1. The van der Waals surface area contributed by atoms with Gasteiger partial charge in [-0.15, -0.1) is 0 Å². The van der Waals surface area contributed by atoms with Crippen LogP contribution in [-0.4, -0.2) is 22.0 Å². The molecule has 2 heterocycles. The first-order valence-electron chi connectivity index (χ1n) is 16.6. The SMILES string of the molecule is CCCCCCCCCCCCCCCCCCn1c(CCCCCNC(=O)c2ccco2)nc2ccccc21. The summed E-state index contributed by atoms with van der Waals surface area (Å²) in [4.78, 5) is 16.9.